The Balaban J connectivity index is 2.75. The van der Waals surface area contributed by atoms with Gasteiger partial charge in [-0.2, -0.15) is 0 Å². The second-order valence-electron chi connectivity index (χ2n) is 4.41. The van der Waals surface area contributed by atoms with E-state index < -0.39 is 0 Å². The molecule has 3 nitrogen and oxygen atoms in total. The van der Waals surface area contributed by atoms with Crippen molar-refractivity contribution in [2.45, 2.75) is 25.8 Å². The molecule has 1 rings (SSSR count). The lowest BCUT2D eigenvalue weighted by molar-refractivity contribution is 0.195. The standard InChI is InChI=1S/C14H22FNO2/c1-10(11(2)16-7-8-17-3)13-9-12(15)5-6-14(13)18-4/h5-6,9-11,16H,7-8H2,1-4H3. The van der Waals surface area contributed by atoms with E-state index in [-0.39, 0.29) is 17.8 Å². The summed E-state index contributed by atoms with van der Waals surface area (Å²) in [7, 11) is 3.28. The van der Waals surface area contributed by atoms with Crippen molar-refractivity contribution in [3.63, 3.8) is 0 Å². The lowest BCUT2D eigenvalue weighted by atomic mass is 9.93. The molecule has 1 aromatic carbocycles. The molecule has 4 heteroatoms. The molecular formula is C14H22FNO2. The number of rotatable bonds is 7. The molecule has 0 fully saturated rings. The third-order valence-electron chi connectivity index (χ3n) is 3.20. The van der Waals surface area contributed by atoms with Crippen molar-refractivity contribution in [3.8, 4) is 5.75 Å². The first-order valence-corrected chi connectivity index (χ1v) is 6.16. The Labute approximate surface area is 108 Å². The van der Waals surface area contributed by atoms with Crippen LogP contribution in [0.15, 0.2) is 18.2 Å². The minimum Gasteiger partial charge on any atom is -0.496 e. The topological polar surface area (TPSA) is 30.5 Å². The van der Waals surface area contributed by atoms with Gasteiger partial charge >= 0.3 is 0 Å². The van der Waals surface area contributed by atoms with Crippen molar-refractivity contribution in [3.05, 3.63) is 29.6 Å². The second kappa shape index (κ2) is 7.34. The fourth-order valence-corrected chi connectivity index (χ4v) is 1.90. The molecule has 0 saturated heterocycles. The van der Waals surface area contributed by atoms with E-state index in [0.29, 0.717) is 6.61 Å². The van der Waals surface area contributed by atoms with Crippen LogP contribution in [0.2, 0.25) is 0 Å². The molecule has 2 atom stereocenters. The van der Waals surface area contributed by atoms with Gasteiger partial charge in [0.1, 0.15) is 11.6 Å². The molecular weight excluding hydrogens is 233 g/mol. The van der Waals surface area contributed by atoms with Crippen molar-refractivity contribution < 1.29 is 13.9 Å². The third kappa shape index (κ3) is 3.96. The molecule has 0 radical (unpaired) electrons. The number of halogens is 1. The number of hydrogen-bond donors (Lipinski definition) is 1. The van der Waals surface area contributed by atoms with Gasteiger partial charge in [-0.1, -0.05) is 6.92 Å². The molecule has 0 spiro atoms. The van der Waals surface area contributed by atoms with Crippen LogP contribution in [0.5, 0.6) is 5.75 Å². The van der Waals surface area contributed by atoms with E-state index in [0.717, 1.165) is 17.9 Å². The summed E-state index contributed by atoms with van der Waals surface area (Å²) in [6, 6.07) is 4.84. The minimum absolute atomic E-state index is 0.160. The highest BCUT2D eigenvalue weighted by Crippen LogP contribution is 2.29. The van der Waals surface area contributed by atoms with E-state index in [4.69, 9.17) is 9.47 Å². The van der Waals surface area contributed by atoms with E-state index in [1.807, 2.05) is 0 Å². The Bertz CT molecular complexity index is 371. The largest absolute Gasteiger partial charge is 0.496 e. The normalized spacial score (nSPS) is 14.3. The fraction of sp³-hybridized carbons (Fsp3) is 0.571. The zero-order valence-electron chi connectivity index (χ0n) is 11.5. The quantitative estimate of drug-likeness (QED) is 0.760. The van der Waals surface area contributed by atoms with E-state index in [1.54, 1.807) is 20.3 Å². The van der Waals surface area contributed by atoms with Gasteiger partial charge in [0, 0.05) is 25.3 Å². The van der Waals surface area contributed by atoms with Crippen LogP contribution in [0.4, 0.5) is 4.39 Å². The molecule has 1 aromatic rings. The van der Waals surface area contributed by atoms with Gasteiger partial charge in [0.05, 0.1) is 13.7 Å². The highest BCUT2D eigenvalue weighted by atomic mass is 19.1. The lowest BCUT2D eigenvalue weighted by Gasteiger charge is -2.23. The molecule has 0 amide bonds. The molecule has 2 unspecified atom stereocenters. The highest BCUT2D eigenvalue weighted by Gasteiger charge is 2.18. The molecule has 0 aromatic heterocycles. The second-order valence-corrected chi connectivity index (χ2v) is 4.41. The van der Waals surface area contributed by atoms with E-state index in [2.05, 4.69) is 19.2 Å². The zero-order chi connectivity index (χ0) is 13.5. The van der Waals surface area contributed by atoms with Crippen LogP contribution in [0.25, 0.3) is 0 Å². The summed E-state index contributed by atoms with van der Waals surface area (Å²) < 4.78 is 23.6. The van der Waals surface area contributed by atoms with Gasteiger partial charge < -0.3 is 14.8 Å². The van der Waals surface area contributed by atoms with Crippen LogP contribution in [0.3, 0.4) is 0 Å². The molecule has 0 bridgehead atoms. The molecule has 0 aliphatic carbocycles. The first kappa shape index (κ1) is 14.9. The molecule has 0 aliphatic heterocycles. The Kier molecular flexibility index (Phi) is 6.09. The summed E-state index contributed by atoms with van der Waals surface area (Å²) in [4.78, 5) is 0. The minimum atomic E-state index is -0.234. The molecule has 0 saturated carbocycles. The average Bonchev–Trinajstić information content (AvgIpc) is 2.38. The molecule has 0 heterocycles. The Morgan fingerprint density at radius 3 is 2.61 bits per heavy atom. The highest BCUT2D eigenvalue weighted by molar-refractivity contribution is 5.37. The smallest absolute Gasteiger partial charge is 0.123 e. The average molecular weight is 255 g/mol. The van der Waals surface area contributed by atoms with Crippen LogP contribution < -0.4 is 10.1 Å². The van der Waals surface area contributed by atoms with E-state index in [1.165, 1.54) is 12.1 Å². The first-order chi connectivity index (χ1) is 8.60. The first-order valence-electron chi connectivity index (χ1n) is 6.16. The Morgan fingerprint density at radius 2 is 2.00 bits per heavy atom. The van der Waals surface area contributed by atoms with Crippen LogP contribution in [0, 0.1) is 5.82 Å². The summed E-state index contributed by atoms with van der Waals surface area (Å²) >= 11 is 0. The maximum absolute atomic E-state index is 13.3. The number of ether oxygens (including phenoxy) is 2. The van der Waals surface area contributed by atoms with Crippen molar-refractivity contribution in [2.75, 3.05) is 27.4 Å². The maximum atomic E-state index is 13.3. The van der Waals surface area contributed by atoms with Crippen LogP contribution in [-0.2, 0) is 4.74 Å². The van der Waals surface area contributed by atoms with Gasteiger partial charge in [0.25, 0.3) is 0 Å². The monoisotopic (exact) mass is 255 g/mol. The van der Waals surface area contributed by atoms with Crippen molar-refractivity contribution in [1.29, 1.82) is 0 Å². The summed E-state index contributed by atoms with van der Waals surface area (Å²) in [6.07, 6.45) is 0. The predicted molar refractivity (Wildman–Crippen MR) is 70.7 cm³/mol. The van der Waals surface area contributed by atoms with Gasteiger partial charge in [-0.25, -0.2) is 4.39 Å². The van der Waals surface area contributed by atoms with Gasteiger partial charge in [0.2, 0.25) is 0 Å². The van der Waals surface area contributed by atoms with Crippen LogP contribution in [-0.4, -0.2) is 33.4 Å². The van der Waals surface area contributed by atoms with Gasteiger partial charge in [-0.05, 0) is 31.0 Å². The molecule has 1 N–H and O–H groups in total. The molecule has 0 aliphatic rings. The van der Waals surface area contributed by atoms with E-state index in [9.17, 15) is 4.39 Å². The van der Waals surface area contributed by atoms with Crippen molar-refractivity contribution in [2.24, 2.45) is 0 Å². The van der Waals surface area contributed by atoms with E-state index >= 15 is 0 Å². The number of benzene rings is 1. The van der Waals surface area contributed by atoms with Gasteiger partial charge in [-0.3, -0.25) is 0 Å². The Morgan fingerprint density at radius 1 is 1.28 bits per heavy atom. The van der Waals surface area contributed by atoms with Crippen LogP contribution >= 0.6 is 0 Å². The molecule has 18 heavy (non-hydrogen) atoms. The predicted octanol–water partition coefficient (Wildman–Crippen LogP) is 2.56. The maximum Gasteiger partial charge on any atom is 0.123 e. The summed E-state index contributed by atoms with van der Waals surface area (Å²) in [5.41, 5.74) is 0.884. The van der Waals surface area contributed by atoms with Crippen LogP contribution in [0.1, 0.15) is 25.3 Å². The summed E-state index contributed by atoms with van der Waals surface area (Å²) in [5.74, 6) is 0.651. The number of nitrogens with one attached hydrogen (secondary N) is 1. The lowest BCUT2D eigenvalue weighted by Crippen LogP contribution is -2.33. The SMILES string of the molecule is COCCNC(C)C(C)c1cc(F)ccc1OC. The van der Waals surface area contributed by atoms with Gasteiger partial charge in [-0.15, -0.1) is 0 Å². The fourth-order valence-electron chi connectivity index (χ4n) is 1.90. The van der Waals surface area contributed by atoms with Gasteiger partial charge in [0.15, 0.2) is 0 Å². The van der Waals surface area contributed by atoms with Crippen molar-refractivity contribution in [1.82, 2.24) is 5.32 Å². The van der Waals surface area contributed by atoms with Crippen molar-refractivity contribution >= 4 is 0 Å². The third-order valence-corrected chi connectivity index (χ3v) is 3.20. The molecule has 102 valence electrons. The number of hydrogen-bond acceptors (Lipinski definition) is 3. The zero-order valence-corrected chi connectivity index (χ0v) is 11.5. The number of methoxy groups -OCH3 is 2. The Hall–Kier alpha value is -1.13. The summed E-state index contributed by atoms with van der Waals surface area (Å²) in [6.45, 7) is 5.57. The summed E-state index contributed by atoms with van der Waals surface area (Å²) in [5, 5.41) is 3.35.